The van der Waals surface area contributed by atoms with Crippen molar-refractivity contribution >= 4 is 23.7 Å². The van der Waals surface area contributed by atoms with Gasteiger partial charge in [0.25, 0.3) is 0 Å². The van der Waals surface area contributed by atoms with E-state index >= 15 is 0 Å². The SMILES string of the molecule is CCCCOCCCN1C[C@H]2C(C(=O)CN(C)N2C(=O)NCc2ccccc2)[C@@H](CCC(=O)O)C1=O. The van der Waals surface area contributed by atoms with Gasteiger partial charge in [0.15, 0.2) is 5.78 Å². The predicted molar refractivity (Wildman–Crippen MR) is 133 cm³/mol. The summed E-state index contributed by atoms with van der Waals surface area (Å²) in [4.78, 5) is 52.8. The molecule has 1 aromatic carbocycles. The van der Waals surface area contributed by atoms with Crippen molar-refractivity contribution in [3.05, 3.63) is 35.9 Å². The Morgan fingerprint density at radius 1 is 1.14 bits per heavy atom. The monoisotopic (exact) mass is 502 g/mol. The number of nitrogens with one attached hydrogen (secondary N) is 1. The number of hydrogen-bond donors (Lipinski definition) is 2. The molecule has 1 aromatic rings. The Balaban J connectivity index is 1.76. The molecule has 0 spiro atoms. The molecular formula is C26H38N4O6. The summed E-state index contributed by atoms with van der Waals surface area (Å²) in [7, 11) is 1.69. The number of likely N-dealkylation sites (N-methyl/N-ethyl adjacent to an activating group) is 1. The summed E-state index contributed by atoms with van der Waals surface area (Å²) < 4.78 is 5.63. The number of unbranched alkanes of at least 4 members (excludes halogenated alkanes) is 1. The van der Waals surface area contributed by atoms with Crippen molar-refractivity contribution in [2.24, 2.45) is 11.8 Å². The maximum Gasteiger partial charge on any atom is 0.332 e. The van der Waals surface area contributed by atoms with Gasteiger partial charge < -0.3 is 20.1 Å². The molecule has 0 saturated carbocycles. The van der Waals surface area contributed by atoms with Gasteiger partial charge in [0.1, 0.15) is 0 Å². The number of ether oxygens (including phenoxy) is 1. The summed E-state index contributed by atoms with van der Waals surface area (Å²) in [6, 6.07) is 8.61. The Bertz CT molecular complexity index is 911. The van der Waals surface area contributed by atoms with Crippen LogP contribution in [0.4, 0.5) is 4.79 Å². The number of Topliss-reactive ketones (excluding diaryl/α,β-unsaturated/α-hetero) is 1. The molecule has 10 nitrogen and oxygen atoms in total. The number of fused-ring (bicyclic) bond motifs is 1. The summed E-state index contributed by atoms with van der Waals surface area (Å²) >= 11 is 0. The molecule has 2 aliphatic heterocycles. The fourth-order valence-corrected chi connectivity index (χ4v) is 5.06. The number of aliphatic carboxylic acids is 1. The van der Waals surface area contributed by atoms with E-state index in [1.165, 1.54) is 0 Å². The van der Waals surface area contributed by atoms with Crippen molar-refractivity contribution in [1.82, 2.24) is 20.2 Å². The molecule has 3 amide bonds. The lowest BCUT2D eigenvalue weighted by Gasteiger charge is -2.52. The second-order valence-corrected chi connectivity index (χ2v) is 9.51. The smallest absolute Gasteiger partial charge is 0.332 e. The van der Waals surface area contributed by atoms with Crippen molar-refractivity contribution in [1.29, 1.82) is 0 Å². The number of carboxylic acids is 1. The fourth-order valence-electron chi connectivity index (χ4n) is 5.06. The number of amides is 3. The van der Waals surface area contributed by atoms with Crippen LogP contribution in [-0.4, -0.2) is 89.7 Å². The molecule has 3 rings (SSSR count). The quantitative estimate of drug-likeness (QED) is 0.420. The summed E-state index contributed by atoms with van der Waals surface area (Å²) in [5.74, 6) is -2.87. The number of rotatable bonds is 12. The Labute approximate surface area is 212 Å². The number of carbonyl (C=O) groups is 4. The van der Waals surface area contributed by atoms with Crippen LogP contribution in [0.5, 0.6) is 0 Å². The lowest BCUT2D eigenvalue weighted by atomic mass is 9.74. The van der Waals surface area contributed by atoms with E-state index in [0.29, 0.717) is 32.7 Å². The van der Waals surface area contributed by atoms with Gasteiger partial charge in [-0.1, -0.05) is 43.7 Å². The van der Waals surface area contributed by atoms with Gasteiger partial charge in [-0.15, -0.1) is 0 Å². The molecule has 2 heterocycles. The third-order valence-electron chi connectivity index (χ3n) is 6.85. The molecule has 2 aliphatic rings. The molecule has 0 bridgehead atoms. The van der Waals surface area contributed by atoms with Crippen LogP contribution in [0.15, 0.2) is 30.3 Å². The first-order chi connectivity index (χ1) is 17.3. The second kappa shape index (κ2) is 13.4. The number of carbonyl (C=O) groups excluding carboxylic acids is 3. The Morgan fingerprint density at radius 2 is 1.86 bits per heavy atom. The average molecular weight is 503 g/mol. The number of likely N-dealkylation sites (tertiary alicyclic amines) is 1. The first-order valence-electron chi connectivity index (χ1n) is 12.8. The molecule has 0 aliphatic carbocycles. The van der Waals surface area contributed by atoms with Crippen LogP contribution >= 0.6 is 0 Å². The number of hydrogen-bond acceptors (Lipinski definition) is 6. The Hall–Kier alpha value is -2.98. The van der Waals surface area contributed by atoms with Crippen molar-refractivity contribution in [3.8, 4) is 0 Å². The van der Waals surface area contributed by atoms with Gasteiger partial charge in [-0.3, -0.25) is 19.4 Å². The van der Waals surface area contributed by atoms with Crippen LogP contribution in [0, 0.1) is 11.8 Å². The van der Waals surface area contributed by atoms with Gasteiger partial charge in [-0.25, -0.2) is 9.80 Å². The van der Waals surface area contributed by atoms with Crippen molar-refractivity contribution in [3.63, 3.8) is 0 Å². The highest BCUT2D eigenvalue weighted by molar-refractivity contribution is 5.93. The summed E-state index contributed by atoms with van der Waals surface area (Å²) in [6.45, 7) is 4.24. The third kappa shape index (κ3) is 7.04. The molecule has 0 aromatic heterocycles. The van der Waals surface area contributed by atoms with E-state index in [1.807, 2.05) is 30.3 Å². The first kappa shape index (κ1) is 27.6. The number of ketones is 1. The Kier molecular flexibility index (Phi) is 10.2. The highest BCUT2D eigenvalue weighted by atomic mass is 16.5. The lowest BCUT2D eigenvalue weighted by molar-refractivity contribution is -0.166. The molecule has 198 valence electrons. The van der Waals surface area contributed by atoms with Gasteiger partial charge in [0.2, 0.25) is 5.91 Å². The van der Waals surface area contributed by atoms with Crippen molar-refractivity contribution < 1.29 is 29.0 Å². The molecule has 1 unspecified atom stereocenters. The van der Waals surface area contributed by atoms with E-state index in [1.54, 1.807) is 22.0 Å². The predicted octanol–water partition coefficient (Wildman–Crippen LogP) is 2.14. The zero-order valence-electron chi connectivity index (χ0n) is 21.2. The van der Waals surface area contributed by atoms with Gasteiger partial charge in [0.05, 0.1) is 24.4 Å². The van der Waals surface area contributed by atoms with Gasteiger partial charge in [0, 0.05) is 46.3 Å². The summed E-state index contributed by atoms with van der Waals surface area (Å²) in [5, 5.41) is 15.3. The molecule has 3 atom stereocenters. The normalized spacial score (nSPS) is 22.4. The van der Waals surface area contributed by atoms with Gasteiger partial charge in [-0.05, 0) is 24.8 Å². The number of piperidine rings is 1. The number of nitrogens with zero attached hydrogens (tertiary/aromatic N) is 3. The van der Waals surface area contributed by atoms with E-state index in [4.69, 9.17) is 4.74 Å². The van der Waals surface area contributed by atoms with E-state index < -0.39 is 23.8 Å². The first-order valence-corrected chi connectivity index (χ1v) is 12.8. The molecule has 2 N–H and O–H groups in total. The minimum atomic E-state index is -1.02. The number of carboxylic acid groups (broad SMARTS) is 1. The van der Waals surface area contributed by atoms with Crippen molar-refractivity contribution in [2.75, 3.05) is 39.9 Å². The number of benzene rings is 1. The van der Waals surface area contributed by atoms with Crippen molar-refractivity contribution in [2.45, 2.75) is 51.6 Å². The minimum absolute atomic E-state index is 0.0119. The van der Waals surface area contributed by atoms with Crippen LogP contribution < -0.4 is 5.32 Å². The third-order valence-corrected chi connectivity index (χ3v) is 6.85. The Morgan fingerprint density at radius 3 is 2.56 bits per heavy atom. The number of urea groups is 1. The lowest BCUT2D eigenvalue weighted by Crippen LogP contribution is -2.70. The summed E-state index contributed by atoms with van der Waals surface area (Å²) in [5.41, 5.74) is 0.945. The molecule has 36 heavy (non-hydrogen) atoms. The maximum atomic E-state index is 13.4. The topological polar surface area (TPSA) is 119 Å². The van der Waals surface area contributed by atoms with E-state index in [9.17, 15) is 24.3 Å². The highest BCUT2D eigenvalue weighted by Crippen LogP contribution is 2.36. The van der Waals surface area contributed by atoms with E-state index in [0.717, 1.165) is 18.4 Å². The molecule has 10 heteroatoms. The summed E-state index contributed by atoms with van der Waals surface area (Å²) in [6.07, 6.45) is 2.50. The molecule has 0 radical (unpaired) electrons. The molecular weight excluding hydrogens is 464 g/mol. The molecule has 2 fully saturated rings. The van der Waals surface area contributed by atoms with Crippen LogP contribution in [0.25, 0.3) is 0 Å². The zero-order chi connectivity index (χ0) is 26.1. The second-order valence-electron chi connectivity index (χ2n) is 9.51. The highest BCUT2D eigenvalue weighted by Gasteiger charge is 2.52. The zero-order valence-corrected chi connectivity index (χ0v) is 21.2. The van der Waals surface area contributed by atoms with E-state index in [-0.39, 0.29) is 43.7 Å². The van der Waals surface area contributed by atoms with Crippen LogP contribution in [0.1, 0.15) is 44.6 Å². The minimum Gasteiger partial charge on any atom is -0.481 e. The maximum absolute atomic E-state index is 13.4. The molecule has 2 saturated heterocycles. The van der Waals surface area contributed by atoms with Gasteiger partial charge in [-0.2, -0.15) is 0 Å². The standard InChI is InChI=1S/C26H38N4O6/c1-3-4-14-36-15-8-13-29-17-21-24(20(25(29)34)11-12-23(32)33)22(31)18-28(2)30(21)26(35)27-16-19-9-6-5-7-10-19/h5-7,9-10,20-21,24H,3-4,8,11-18H2,1-2H3,(H,27,35)(H,32,33)/t20-,21+,24?/m1/s1. The van der Waals surface area contributed by atoms with Gasteiger partial charge >= 0.3 is 12.0 Å². The largest absolute Gasteiger partial charge is 0.481 e. The van der Waals surface area contributed by atoms with Crippen LogP contribution in [0.2, 0.25) is 0 Å². The fraction of sp³-hybridized carbons (Fsp3) is 0.615. The van der Waals surface area contributed by atoms with Crippen LogP contribution in [0.3, 0.4) is 0 Å². The average Bonchev–Trinajstić information content (AvgIpc) is 2.85. The van der Waals surface area contributed by atoms with E-state index in [2.05, 4.69) is 12.2 Å². The number of hydrazine groups is 1. The van der Waals surface area contributed by atoms with Crippen LogP contribution in [-0.2, 0) is 25.7 Å².